The third kappa shape index (κ3) is 2.89. The van der Waals surface area contributed by atoms with Crippen molar-refractivity contribution in [3.05, 3.63) is 0 Å². The molecule has 3 atom stereocenters. The highest BCUT2D eigenvalue weighted by molar-refractivity contribution is 5.72. The van der Waals surface area contributed by atoms with Gasteiger partial charge in [-0.25, -0.2) is 4.79 Å². The van der Waals surface area contributed by atoms with Gasteiger partial charge in [0.25, 0.3) is 0 Å². The third-order valence-corrected chi connectivity index (χ3v) is 3.51. The normalized spacial score (nSPS) is 33.0. The van der Waals surface area contributed by atoms with E-state index in [2.05, 4.69) is 26.1 Å². The van der Waals surface area contributed by atoms with Gasteiger partial charge in [-0.05, 0) is 37.0 Å². The number of rotatable bonds is 2. The maximum Gasteiger partial charge on any atom is 0.312 e. The average molecular weight is 198 g/mol. The van der Waals surface area contributed by atoms with E-state index in [1.165, 1.54) is 12.8 Å². The molecule has 14 heavy (non-hydrogen) atoms. The Morgan fingerprint density at radius 1 is 1.43 bits per heavy atom. The van der Waals surface area contributed by atoms with Gasteiger partial charge in [0.05, 0.1) is 0 Å². The molecule has 0 aromatic carbocycles. The van der Waals surface area contributed by atoms with Crippen molar-refractivity contribution in [1.82, 2.24) is 5.32 Å². The van der Waals surface area contributed by atoms with Gasteiger partial charge in [0.2, 0.25) is 0 Å². The Hall–Kier alpha value is -0.730. The van der Waals surface area contributed by atoms with Gasteiger partial charge in [0.1, 0.15) is 0 Å². The SMILES string of the molecule is CC(C)[C@@H]1CC[C@H](C)[C@@H](NC(N)=O)C1. The Labute approximate surface area is 86.4 Å². The Kier molecular flexibility index (Phi) is 3.78. The maximum absolute atomic E-state index is 10.8. The minimum Gasteiger partial charge on any atom is -0.352 e. The number of hydrogen-bond acceptors (Lipinski definition) is 1. The number of carbonyl (C=O) groups excluding carboxylic acids is 1. The molecule has 82 valence electrons. The van der Waals surface area contributed by atoms with Crippen LogP contribution in [0.3, 0.4) is 0 Å². The molecule has 3 nitrogen and oxygen atoms in total. The summed E-state index contributed by atoms with van der Waals surface area (Å²) in [6, 6.07) is -0.0973. The molecule has 1 aliphatic rings. The van der Waals surface area contributed by atoms with E-state index in [0.29, 0.717) is 11.8 Å². The van der Waals surface area contributed by atoms with Crippen molar-refractivity contribution in [2.24, 2.45) is 23.5 Å². The van der Waals surface area contributed by atoms with E-state index in [1.807, 2.05) is 0 Å². The molecule has 0 bridgehead atoms. The van der Waals surface area contributed by atoms with Crippen molar-refractivity contribution in [3.63, 3.8) is 0 Å². The van der Waals surface area contributed by atoms with Crippen LogP contribution < -0.4 is 11.1 Å². The van der Waals surface area contributed by atoms with Crippen LogP contribution in [0.15, 0.2) is 0 Å². The highest BCUT2D eigenvalue weighted by atomic mass is 16.2. The monoisotopic (exact) mass is 198 g/mol. The van der Waals surface area contributed by atoms with Gasteiger partial charge in [-0.1, -0.05) is 20.8 Å². The predicted octanol–water partition coefficient (Wildman–Crippen LogP) is 2.12. The Bertz CT molecular complexity index is 203. The third-order valence-electron chi connectivity index (χ3n) is 3.51. The number of amides is 2. The van der Waals surface area contributed by atoms with E-state index in [-0.39, 0.29) is 12.1 Å². The summed E-state index contributed by atoms with van der Waals surface area (Å²) in [5, 5.41) is 2.86. The van der Waals surface area contributed by atoms with Gasteiger partial charge < -0.3 is 11.1 Å². The predicted molar refractivity (Wildman–Crippen MR) is 57.9 cm³/mol. The quantitative estimate of drug-likeness (QED) is 0.701. The standard InChI is InChI=1S/C11H22N2O/c1-7(2)9-5-4-8(3)10(6-9)13-11(12)14/h7-10H,4-6H2,1-3H3,(H3,12,13,14)/t8-,9+,10-/m0/s1. The zero-order valence-electron chi connectivity index (χ0n) is 9.42. The fraction of sp³-hybridized carbons (Fsp3) is 0.909. The smallest absolute Gasteiger partial charge is 0.312 e. The lowest BCUT2D eigenvalue weighted by Gasteiger charge is -2.36. The molecule has 0 aromatic heterocycles. The topological polar surface area (TPSA) is 55.1 Å². The molecule has 2 amide bonds. The van der Waals surface area contributed by atoms with E-state index >= 15 is 0 Å². The van der Waals surface area contributed by atoms with E-state index in [4.69, 9.17) is 5.73 Å². The van der Waals surface area contributed by atoms with Crippen molar-refractivity contribution in [1.29, 1.82) is 0 Å². The lowest BCUT2D eigenvalue weighted by atomic mass is 9.75. The Morgan fingerprint density at radius 3 is 2.57 bits per heavy atom. The molecule has 1 fully saturated rings. The molecule has 1 rings (SSSR count). The molecule has 0 heterocycles. The second-order valence-electron chi connectivity index (χ2n) is 4.91. The van der Waals surface area contributed by atoms with Gasteiger partial charge in [0.15, 0.2) is 0 Å². The first-order valence-electron chi connectivity index (χ1n) is 5.56. The van der Waals surface area contributed by atoms with E-state index < -0.39 is 0 Å². The summed E-state index contributed by atoms with van der Waals surface area (Å²) in [5.74, 6) is 2.01. The zero-order valence-corrected chi connectivity index (χ0v) is 9.42. The van der Waals surface area contributed by atoms with Crippen LogP contribution in [0.1, 0.15) is 40.0 Å². The molecule has 1 saturated carbocycles. The Morgan fingerprint density at radius 2 is 2.07 bits per heavy atom. The minimum atomic E-state index is -0.383. The molecule has 3 N–H and O–H groups in total. The number of carbonyl (C=O) groups is 1. The van der Waals surface area contributed by atoms with Crippen molar-refractivity contribution < 1.29 is 4.79 Å². The summed E-state index contributed by atoms with van der Waals surface area (Å²) < 4.78 is 0. The highest BCUT2D eigenvalue weighted by Gasteiger charge is 2.29. The molecule has 0 aliphatic heterocycles. The number of primary amides is 1. The molecular weight excluding hydrogens is 176 g/mol. The molecule has 3 heteroatoms. The fourth-order valence-electron chi connectivity index (χ4n) is 2.34. The van der Waals surface area contributed by atoms with Crippen LogP contribution in [-0.4, -0.2) is 12.1 Å². The molecule has 0 radical (unpaired) electrons. The number of urea groups is 1. The van der Waals surface area contributed by atoms with E-state index in [0.717, 1.165) is 12.3 Å². The number of nitrogens with two attached hydrogens (primary N) is 1. The van der Waals surface area contributed by atoms with Crippen LogP contribution in [0.2, 0.25) is 0 Å². The first-order valence-corrected chi connectivity index (χ1v) is 5.56. The minimum absolute atomic E-state index is 0.286. The second-order valence-corrected chi connectivity index (χ2v) is 4.91. The first-order chi connectivity index (χ1) is 6.50. The van der Waals surface area contributed by atoms with Crippen LogP contribution in [-0.2, 0) is 0 Å². The van der Waals surface area contributed by atoms with Crippen LogP contribution in [0.25, 0.3) is 0 Å². The molecular formula is C11H22N2O. The maximum atomic E-state index is 10.8. The van der Waals surface area contributed by atoms with Gasteiger partial charge in [-0.15, -0.1) is 0 Å². The number of hydrogen-bond donors (Lipinski definition) is 2. The summed E-state index contributed by atoms with van der Waals surface area (Å²) in [6.45, 7) is 6.70. The largest absolute Gasteiger partial charge is 0.352 e. The highest BCUT2D eigenvalue weighted by Crippen LogP contribution is 2.33. The second kappa shape index (κ2) is 4.67. The van der Waals surface area contributed by atoms with Gasteiger partial charge in [-0.3, -0.25) is 0 Å². The summed E-state index contributed by atoms with van der Waals surface area (Å²) in [5.41, 5.74) is 5.16. The molecule has 0 saturated heterocycles. The first kappa shape index (κ1) is 11.3. The number of nitrogens with one attached hydrogen (secondary N) is 1. The van der Waals surface area contributed by atoms with Crippen molar-refractivity contribution in [2.75, 3.05) is 0 Å². The molecule has 0 unspecified atom stereocenters. The average Bonchev–Trinajstić information content (AvgIpc) is 2.07. The fourth-order valence-corrected chi connectivity index (χ4v) is 2.34. The van der Waals surface area contributed by atoms with Gasteiger partial charge in [-0.2, -0.15) is 0 Å². The summed E-state index contributed by atoms with van der Waals surface area (Å²) >= 11 is 0. The van der Waals surface area contributed by atoms with E-state index in [9.17, 15) is 4.79 Å². The molecule has 0 aromatic rings. The van der Waals surface area contributed by atoms with Gasteiger partial charge in [0, 0.05) is 6.04 Å². The zero-order chi connectivity index (χ0) is 10.7. The molecule has 1 aliphatic carbocycles. The van der Waals surface area contributed by atoms with Crippen LogP contribution in [0.4, 0.5) is 4.79 Å². The van der Waals surface area contributed by atoms with Crippen molar-refractivity contribution >= 4 is 6.03 Å². The lowest BCUT2D eigenvalue weighted by Crippen LogP contribution is -2.46. The lowest BCUT2D eigenvalue weighted by molar-refractivity contribution is 0.180. The Balaban J connectivity index is 2.50. The van der Waals surface area contributed by atoms with Crippen LogP contribution in [0.5, 0.6) is 0 Å². The van der Waals surface area contributed by atoms with E-state index in [1.54, 1.807) is 0 Å². The molecule has 0 spiro atoms. The summed E-state index contributed by atoms with van der Waals surface area (Å²) in [4.78, 5) is 10.8. The van der Waals surface area contributed by atoms with Crippen LogP contribution >= 0.6 is 0 Å². The van der Waals surface area contributed by atoms with Crippen molar-refractivity contribution in [2.45, 2.75) is 46.1 Å². The summed E-state index contributed by atoms with van der Waals surface area (Å²) in [7, 11) is 0. The van der Waals surface area contributed by atoms with Gasteiger partial charge >= 0.3 is 6.03 Å². The van der Waals surface area contributed by atoms with Crippen LogP contribution in [0, 0.1) is 17.8 Å². The van der Waals surface area contributed by atoms with Crippen molar-refractivity contribution in [3.8, 4) is 0 Å². The summed E-state index contributed by atoms with van der Waals surface area (Å²) in [6.07, 6.45) is 3.57.